The highest BCUT2D eigenvalue weighted by Crippen LogP contribution is 2.34. The Morgan fingerprint density at radius 1 is 1.14 bits per heavy atom. The molecule has 21 heavy (non-hydrogen) atoms. The molecule has 2 bridgehead atoms. The highest BCUT2D eigenvalue weighted by atomic mass is 15.2. The fourth-order valence-electron chi connectivity index (χ4n) is 4.36. The Bertz CT molecular complexity index is 484. The number of nitrogens with one attached hydrogen (secondary N) is 1. The number of fused-ring (bicyclic) bond motifs is 2. The number of piperidine rings is 1. The normalized spacial score (nSPS) is 29.9. The fraction of sp³-hybridized carbons (Fsp3) is 0.684. The van der Waals surface area contributed by atoms with Crippen LogP contribution in [0.1, 0.15) is 62.3 Å². The van der Waals surface area contributed by atoms with Crippen LogP contribution in [-0.4, -0.2) is 29.6 Å². The van der Waals surface area contributed by atoms with E-state index in [0.717, 1.165) is 24.7 Å². The molecule has 3 rings (SSSR count). The number of nitrogens with zero attached hydrogens (tertiary/aromatic N) is 1. The van der Waals surface area contributed by atoms with Gasteiger partial charge in [0, 0.05) is 24.2 Å². The molecule has 3 atom stereocenters. The number of rotatable bonds is 4. The molecule has 0 saturated carbocycles. The molecule has 2 nitrogen and oxygen atoms in total. The van der Waals surface area contributed by atoms with Crippen molar-refractivity contribution in [1.82, 2.24) is 10.2 Å². The van der Waals surface area contributed by atoms with Gasteiger partial charge in [-0.3, -0.25) is 4.90 Å². The molecule has 2 saturated heterocycles. The molecule has 2 heteroatoms. The van der Waals surface area contributed by atoms with Crippen molar-refractivity contribution in [2.24, 2.45) is 0 Å². The topological polar surface area (TPSA) is 15.3 Å². The van der Waals surface area contributed by atoms with Crippen LogP contribution in [0.15, 0.2) is 18.2 Å². The lowest BCUT2D eigenvalue weighted by atomic mass is 9.94. The summed E-state index contributed by atoms with van der Waals surface area (Å²) in [4.78, 5) is 2.73. The lowest BCUT2D eigenvalue weighted by Crippen LogP contribution is -2.48. The first-order valence-electron chi connectivity index (χ1n) is 8.67. The van der Waals surface area contributed by atoms with E-state index in [1.54, 1.807) is 0 Å². The summed E-state index contributed by atoms with van der Waals surface area (Å²) < 4.78 is 0. The molecule has 2 heterocycles. The van der Waals surface area contributed by atoms with Crippen molar-refractivity contribution in [3.8, 4) is 0 Å². The molecule has 0 spiro atoms. The molecular weight excluding hydrogens is 256 g/mol. The van der Waals surface area contributed by atoms with Crippen LogP contribution in [0.3, 0.4) is 0 Å². The van der Waals surface area contributed by atoms with Gasteiger partial charge in [0.1, 0.15) is 0 Å². The molecule has 0 radical (unpaired) electrons. The summed E-state index contributed by atoms with van der Waals surface area (Å²) in [6.07, 6.45) is 5.44. The summed E-state index contributed by atoms with van der Waals surface area (Å²) in [6, 6.07) is 9.82. The van der Waals surface area contributed by atoms with E-state index in [-0.39, 0.29) is 0 Å². The van der Waals surface area contributed by atoms with Crippen molar-refractivity contribution in [1.29, 1.82) is 0 Å². The van der Waals surface area contributed by atoms with Gasteiger partial charge in [-0.25, -0.2) is 0 Å². The van der Waals surface area contributed by atoms with E-state index in [1.807, 2.05) is 0 Å². The Balaban J connectivity index is 1.77. The smallest absolute Gasteiger partial charge is 0.0322 e. The molecule has 3 unspecified atom stereocenters. The minimum absolute atomic E-state index is 0.525. The zero-order valence-corrected chi connectivity index (χ0v) is 14.0. The summed E-state index contributed by atoms with van der Waals surface area (Å²) in [5.41, 5.74) is 4.29. The van der Waals surface area contributed by atoms with Crippen LogP contribution in [0.2, 0.25) is 0 Å². The average molecular weight is 286 g/mol. The first-order valence-corrected chi connectivity index (χ1v) is 8.67. The summed E-state index contributed by atoms with van der Waals surface area (Å²) >= 11 is 0. The molecule has 0 amide bonds. The molecule has 0 aromatic heterocycles. The second-order valence-electron chi connectivity index (χ2n) is 7.11. The quantitative estimate of drug-likeness (QED) is 0.901. The van der Waals surface area contributed by atoms with Gasteiger partial charge in [-0.1, -0.05) is 25.1 Å². The Morgan fingerprint density at radius 3 is 2.38 bits per heavy atom. The van der Waals surface area contributed by atoms with Gasteiger partial charge in [0.25, 0.3) is 0 Å². The molecule has 0 aliphatic carbocycles. The third-order valence-corrected chi connectivity index (χ3v) is 5.79. The third-order valence-electron chi connectivity index (χ3n) is 5.79. The lowest BCUT2D eigenvalue weighted by molar-refractivity contribution is 0.107. The Hall–Kier alpha value is -0.860. The molecule has 116 valence electrons. The van der Waals surface area contributed by atoms with Gasteiger partial charge in [-0.2, -0.15) is 0 Å². The number of hydrogen-bond donors (Lipinski definition) is 1. The maximum Gasteiger partial charge on any atom is 0.0322 e. The summed E-state index contributed by atoms with van der Waals surface area (Å²) in [5.74, 6) is 0. The fourth-order valence-corrected chi connectivity index (χ4v) is 4.36. The molecule has 2 fully saturated rings. The minimum atomic E-state index is 0.525. The number of aryl methyl sites for hydroxylation is 2. The van der Waals surface area contributed by atoms with Gasteiger partial charge in [0.2, 0.25) is 0 Å². The lowest BCUT2D eigenvalue weighted by Gasteiger charge is -2.41. The first kappa shape index (κ1) is 15.1. The van der Waals surface area contributed by atoms with Crippen LogP contribution in [0, 0.1) is 13.8 Å². The molecule has 2 aliphatic rings. The van der Waals surface area contributed by atoms with Crippen molar-refractivity contribution in [2.45, 2.75) is 77.5 Å². The second kappa shape index (κ2) is 6.10. The van der Waals surface area contributed by atoms with Crippen LogP contribution >= 0.6 is 0 Å². The average Bonchev–Trinajstić information content (AvgIpc) is 2.81. The van der Waals surface area contributed by atoms with Gasteiger partial charge in [0.15, 0.2) is 0 Å². The molecular formula is C19H30N2. The highest BCUT2D eigenvalue weighted by Gasteiger charge is 2.37. The Kier molecular flexibility index (Phi) is 4.37. The Labute approximate surface area is 129 Å². The van der Waals surface area contributed by atoms with Crippen molar-refractivity contribution < 1.29 is 0 Å². The van der Waals surface area contributed by atoms with Crippen LogP contribution in [0.5, 0.6) is 0 Å². The summed E-state index contributed by atoms with van der Waals surface area (Å²) in [7, 11) is 0. The van der Waals surface area contributed by atoms with Gasteiger partial charge in [-0.05, 0) is 69.7 Å². The van der Waals surface area contributed by atoms with Gasteiger partial charge in [0.05, 0.1) is 0 Å². The largest absolute Gasteiger partial charge is 0.311 e. The van der Waals surface area contributed by atoms with Crippen molar-refractivity contribution >= 4 is 0 Å². The molecule has 1 N–H and O–H groups in total. The van der Waals surface area contributed by atoms with E-state index in [9.17, 15) is 0 Å². The summed E-state index contributed by atoms with van der Waals surface area (Å²) in [5, 5.41) is 3.77. The SMILES string of the molecule is CCN(C1CC2CCC(C1)N2)C(C)c1ccc(C)c(C)c1. The van der Waals surface area contributed by atoms with Crippen molar-refractivity contribution in [3.63, 3.8) is 0 Å². The Morgan fingerprint density at radius 2 is 1.81 bits per heavy atom. The zero-order chi connectivity index (χ0) is 15.0. The predicted octanol–water partition coefficient (Wildman–Crippen LogP) is 3.97. The van der Waals surface area contributed by atoms with E-state index in [0.29, 0.717) is 6.04 Å². The van der Waals surface area contributed by atoms with E-state index in [4.69, 9.17) is 0 Å². The first-order chi connectivity index (χ1) is 10.1. The van der Waals surface area contributed by atoms with Crippen molar-refractivity contribution in [3.05, 3.63) is 34.9 Å². The molecule has 2 aliphatic heterocycles. The zero-order valence-electron chi connectivity index (χ0n) is 14.0. The van der Waals surface area contributed by atoms with E-state index >= 15 is 0 Å². The highest BCUT2D eigenvalue weighted by molar-refractivity contribution is 5.31. The molecule has 1 aromatic carbocycles. The second-order valence-corrected chi connectivity index (χ2v) is 7.11. The third kappa shape index (κ3) is 3.02. The maximum absolute atomic E-state index is 3.77. The van der Waals surface area contributed by atoms with E-state index in [2.05, 4.69) is 56.1 Å². The van der Waals surface area contributed by atoms with Crippen LogP contribution < -0.4 is 5.32 Å². The summed E-state index contributed by atoms with van der Waals surface area (Å²) in [6.45, 7) is 10.3. The maximum atomic E-state index is 3.77. The van der Waals surface area contributed by atoms with Gasteiger partial charge in [-0.15, -0.1) is 0 Å². The number of benzene rings is 1. The van der Waals surface area contributed by atoms with Crippen LogP contribution in [0.25, 0.3) is 0 Å². The number of hydrogen-bond acceptors (Lipinski definition) is 2. The standard InChI is InChI=1S/C19H30N2/c1-5-21(19-11-17-8-9-18(12-19)20-17)15(4)16-7-6-13(2)14(3)10-16/h6-7,10,15,17-20H,5,8-9,11-12H2,1-4H3. The minimum Gasteiger partial charge on any atom is -0.311 e. The van der Waals surface area contributed by atoms with E-state index < -0.39 is 0 Å². The van der Waals surface area contributed by atoms with Crippen LogP contribution in [-0.2, 0) is 0 Å². The predicted molar refractivity (Wildman–Crippen MR) is 89.7 cm³/mol. The monoisotopic (exact) mass is 286 g/mol. The molecule has 1 aromatic rings. The van der Waals surface area contributed by atoms with Gasteiger partial charge >= 0.3 is 0 Å². The van der Waals surface area contributed by atoms with Gasteiger partial charge < -0.3 is 5.32 Å². The van der Waals surface area contributed by atoms with E-state index in [1.165, 1.54) is 42.4 Å². The van der Waals surface area contributed by atoms with Crippen molar-refractivity contribution in [2.75, 3.05) is 6.54 Å². The van der Waals surface area contributed by atoms with Crippen LogP contribution in [0.4, 0.5) is 0 Å².